The molecule has 2 N–H and O–H groups in total. The molecule has 0 unspecified atom stereocenters. The summed E-state index contributed by atoms with van der Waals surface area (Å²) in [4.78, 5) is 23.4. The molecular formula is C24H25N3O4. The normalized spacial score (nSPS) is 18.5. The Balaban J connectivity index is 1.31. The van der Waals surface area contributed by atoms with Crippen LogP contribution in [-0.2, 0) is 11.2 Å². The van der Waals surface area contributed by atoms with Gasteiger partial charge in [-0.05, 0) is 60.8 Å². The average Bonchev–Trinajstić information content (AvgIpc) is 3.21. The van der Waals surface area contributed by atoms with E-state index in [4.69, 9.17) is 9.52 Å². The molecule has 1 saturated carbocycles. The van der Waals surface area contributed by atoms with Crippen molar-refractivity contribution >= 4 is 17.9 Å². The highest BCUT2D eigenvalue weighted by Crippen LogP contribution is 2.37. The van der Waals surface area contributed by atoms with Crippen molar-refractivity contribution < 1.29 is 19.1 Å². The highest BCUT2D eigenvalue weighted by atomic mass is 16.4. The molecule has 7 nitrogen and oxygen atoms in total. The van der Waals surface area contributed by atoms with E-state index in [1.807, 2.05) is 42.5 Å². The number of amides is 1. The van der Waals surface area contributed by atoms with Gasteiger partial charge in [0.2, 0.25) is 5.89 Å². The van der Waals surface area contributed by atoms with Crippen LogP contribution in [-0.4, -0.2) is 27.2 Å². The van der Waals surface area contributed by atoms with Crippen molar-refractivity contribution in [3.05, 3.63) is 77.2 Å². The van der Waals surface area contributed by atoms with Crippen molar-refractivity contribution in [1.29, 1.82) is 0 Å². The van der Waals surface area contributed by atoms with Gasteiger partial charge in [0.1, 0.15) is 0 Å². The van der Waals surface area contributed by atoms with E-state index in [0.717, 1.165) is 31.2 Å². The lowest BCUT2D eigenvalue weighted by Crippen LogP contribution is -2.16. The molecule has 0 radical (unpaired) electrons. The van der Waals surface area contributed by atoms with E-state index >= 15 is 0 Å². The molecular weight excluding hydrogens is 394 g/mol. The molecule has 2 aromatic carbocycles. The van der Waals surface area contributed by atoms with Crippen LogP contribution in [0.2, 0.25) is 0 Å². The minimum Gasteiger partial charge on any atom is -0.481 e. The summed E-state index contributed by atoms with van der Waals surface area (Å²) in [7, 11) is 0. The van der Waals surface area contributed by atoms with Gasteiger partial charge in [-0.2, -0.15) is 0 Å². The summed E-state index contributed by atoms with van der Waals surface area (Å²) in [5, 5.41) is 19.5. The second-order valence-corrected chi connectivity index (χ2v) is 8.05. The Morgan fingerprint density at radius 3 is 2.35 bits per heavy atom. The van der Waals surface area contributed by atoms with E-state index in [0.29, 0.717) is 23.8 Å². The van der Waals surface area contributed by atoms with E-state index in [-0.39, 0.29) is 24.3 Å². The SMILES string of the molecule is O=C(O)CC1CCC(c2ccc(C(=O)Nc3nnc(Cc4ccccc4)o3)cc2)CC1. The van der Waals surface area contributed by atoms with Gasteiger partial charge < -0.3 is 9.52 Å². The molecule has 7 heteroatoms. The average molecular weight is 419 g/mol. The van der Waals surface area contributed by atoms with Crippen LogP contribution in [0.3, 0.4) is 0 Å². The number of rotatable bonds is 7. The minimum absolute atomic E-state index is 0.0803. The van der Waals surface area contributed by atoms with Crippen LogP contribution in [0.5, 0.6) is 0 Å². The number of aromatic nitrogens is 2. The number of aliphatic carboxylic acids is 1. The van der Waals surface area contributed by atoms with Crippen molar-refractivity contribution in [2.24, 2.45) is 5.92 Å². The maximum absolute atomic E-state index is 12.5. The smallest absolute Gasteiger partial charge is 0.322 e. The van der Waals surface area contributed by atoms with Crippen LogP contribution in [0, 0.1) is 5.92 Å². The van der Waals surface area contributed by atoms with Gasteiger partial charge in [-0.3, -0.25) is 14.9 Å². The summed E-state index contributed by atoms with van der Waals surface area (Å²) in [5.41, 5.74) is 2.76. The first-order valence-electron chi connectivity index (χ1n) is 10.6. The summed E-state index contributed by atoms with van der Waals surface area (Å²) in [5.74, 6) is 0.118. The van der Waals surface area contributed by atoms with Gasteiger partial charge >= 0.3 is 12.0 Å². The molecule has 31 heavy (non-hydrogen) atoms. The Kier molecular flexibility index (Phi) is 6.40. The summed E-state index contributed by atoms with van der Waals surface area (Å²) in [6.07, 6.45) is 4.59. The number of carbonyl (C=O) groups excluding carboxylic acids is 1. The first-order valence-corrected chi connectivity index (χ1v) is 10.6. The zero-order valence-corrected chi connectivity index (χ0v) is 17.2. The van der Waals surface area contributed by atoms with Gasteiger partial charge in [0.15, 0.2) is 0 Å². The number of benzene rings is 2. The first kappa shape index (κ1) is 20.8. The third kappa shape index (κ3) is 5.57. The molecule has 1 aliphatic rings. The van der Waals surface area contributed by atoms with Crippen LogP contribution in [0.4, 0.5) is 6.01 Å². The first-order chi connectivity index (χ1) is 15.1. The number of hydrogen-bond donors (Lipinski definition) is 2. The van der Waals surface area contributed by atoms with Gasteiger partial charge in [0, 0.05) is 12.0 Å². The molecule has 0 spiro atoms. The van der Waals surface area contributed by atoms with E-state index in [9.17, 15) is 9.59 Å². The highest BCUT2D eigenvalue weighted by molar-refractivity contribution is 6.03. The molecule has 0 saturated heterocycles. The lowest BCUT2D eigenvalue weighted by atomic mass is 9.77. The number of carbonyl (C=O) groups is 2. The highest BCUT2D eigenvalue weighted by Gasteiger charge is 2.24. The quantitative estimate of drug-likeness (QED) is 0.577. The van der Waals surface area contributed by atoms with E-state index < -0.39 is 5.97 Å². The van der Waals surface area contributed by atoms with Crippen LogP contribution < -0.4 is 5.32 Å². The second-order valence-electron chi connectivity index (χ2n) is 8.05. The molecule has 1 amide bonds. The van der Waals surface area contributed by atoms with Crippen LogP contribution in [0.1, 0.15) is 65.4 Å². The molecule has 1 aliphatic carbocycles. The van der Waals surface area contributed by atoms with Crippen molar-refractivity contribution in [3.63, 3.8) is 0 Å². The van der Waals surface area contributed by atoms with Crippen molar-refractivity contribution in [3.8, 4) is 0 Å². The molecule has 160 valence electrons. The summed E-state index contributed by atoms with van der Waals surface area (Å²) >= 11 is 0. The summed E-state index contributed by atoms with van der Waals surface area (Å²) in [6, 6.07) is 17.4. The number of carboxylic acids is 1. The standard InChI is InChI=1S/C24H25N3O4/c28-22(29)15-17-6-8-18(9-7-17)19-10-12-20(13-11-19)23(30)25-24-27-26-21(31-24)14-16-4-2-1-3-5-16/h1-5,10-13,17-18H,6-9,14-15H2,(H,28,29)(H,25,27,30). The maximum atomic E-state index is 12.5. The number of nitrogens with zero attached hydrogens (tertiary/aromatic N) is 2. The largest absolute Gasteiger partial charge is 0.481 e. The van der Waals surface area contributed by atoms with E-state index in [1.54, 1.807) is 12.1 Å². The van der Waals surface area contributed by atoms with Crippen LogP contribution in [0.15, 0.2) is 59.0 Å². The fourth-order valence-electron chi connectivity index (χ4n) is 4.17. The fraction of sp³-hybridized carbons (Fsp3) is 0.333. The number of nitrogens with one attached hydrogen (secondary N) is 1. The summed E-state index contributed by atoms with van der Waals surface area (Å²) in [6.45, 7) is 0. The van der Waals surface area contributed by atoms with Gasteiger partial charge in [0.05, 0.1) is 6.42 Å². The van der Waals surface area contributed by atoms with Gasteiger partial charge in [-0.1, -0.05) is 47.6 Å². The summed E-state index contributed by atoms with van der Waals surface area (Å²) < 4.78 is 5.54. The number of carboxylic acid groups (broad SMARTS) is 1. The molecule has 0 atom stereocenters. The van der Waals surface area contributed by atoms with E-state index in [1.165, 1.54) is 5.56 Å². The molecule has 1 fully saturated rings. The molecule has 1 aromatic heterocycles. The van der Waals surface area contributed by atoms with Crippen LogP contribution in [0.25, 0.3) is 0 Å². The Morgan fingerprint density at radius 1 is 0.968 bits per heavy atom. The van der Waals surface area contributed by atoms with Crippen LogP contribution >= 0.6 is 0 Å². The topological polar surface area (TPSA) is 105 Å². The molecule has 0 bridgehead atoms. The fourth-order valence-corrected chi connectivity index (χ4v) is 4.17. The monoisotopic (exact) mass is 419 g/mol. The lowest BCUT2D eigenvalue weighted by molar-refractivity contribution is -0.138. The van der Waals surface area contributed by atoms with Crippen molar-refractivity contribution in [1.82, 2.24) is 10.2 Å². The van der Waals surface area contributed by atoms with E-state index in [2.05, 4.69) is 15.5 Å². The third-order valence-electron chi connectivity index (χ3n) is 5.84. The van der Waals surface area contributed by atoms with Crippen molar-refractivity contribution in [2.45, 2.75) is 44.4 Å². The lowest BCUT2D eigenvalue weighted by Gasteiger charge is -2.28. The molecule has 4 rings (SSSR count). The predicted molar refractivity (Wildman–Crippen MR) is 115 cm³/mol. The zero-order chi connectivity index (χ0) is 21.6. The molecule has 3 aromatic rings. The minimum atomic E-state index is -0.716. The molecule has 0 aliphatic heterocycles. The van der Waals surface area contributed by atoms with Gasteiger partial charge in [0.25, 0.3) is 5.91 Å². The van der Waals surface area contributed by atoms with Gasteiger partial charge in [-0.15, -0.1) is 5.10 Å². The second kappa shape index (κ2) is 9.55. The Hall–Kier alpha value is -3.48. The Labute approximate surface area is 180 Å². The third-order valence-corrected chi connectivity index (χ3v) is 5.84. The predicted octanol–water partition coefficient (Wildman–Crippen LogP) is 4.66. The number of hydrogen-bond acceptors (Lipinski definition) is 5. The zero-order valence-electron chi connectivity index (χ0n) is 17.2. The Morgan fingerprint density at radius 2 is 1.68 bits per heavy atom. The Bertz CT molecular complexity index is 1020. The van der Waals surface area contributed by atoms with Crippen molar-refractivity contribution in [2.75, 3.05) is 5.32 Å². The number of anilines is 1. The van der Waals surface area contributed by atoms with Gasteiger partial charge in [-0.25, -0.2) is 0 Å². The maximum Gasteiger partial charge on any atom is 0.322 e. The molecule has 1 heterocycles.